The zero-order valence-corrected chi connectivity index (χ0v) is 12.4. The maximum Gasteiger partial charge on any atom is 0.131 e. The first-order valence-electron chi connectivity index (χ1n) is 7.42. The fourth-order valence-corrected chi connectivity index (χ4v) is 2.83. The van der Waals surface area contributed by atoms with Crippen LogP contribution in [0.5, 0.6) is 0 Å². The fraction of sp³-hybridized carbons (Fsp3) is 0.0500. The molecule has 1 heterocycles. The molecule has 0 atom stereocenters. The molecular formula is C20H16N2. The van der Waals surface area contributed by atoms with Crippen molar-refractivity contribution in [3.05, 3.63) is 78.4 Å². The zero-order chi connectivity index (χ0) is 14.9. The Kier molecular flexibility index (Phi) is 3.01. The van der Waals surface area contributed by atoms with E-state index in [2.05, 4.69) is 66.8 Å². The summed E-state index contributed by atoms with van der Waals surface area (Å²) in [6.07, 6.45) is 0. The molecular weight excluding hydrogens is 268 g/mol. The van der Waals surface area contributed by atoms with Crippen LogP contribution in [-0.4, -0.2) is 4.98 Å². The van der Waals surface area contributed by atoms with E-state index in [0.29, 0.717) is 0 Å². The predicted molar refractivity (Wildman–Crippen MR) is 93.7 cm³/mol. The van der Waals surface area contributed by atoms with Gasteiger partial charge in [0.2, 0.25) is 0 Å². The van der Waals surface area contributed by atoms with Crippen LogP contribution in [0.15, 0.2) is 72.8 Å². The summed E-state index contributed by atoms with van der Waals surface area (Å²) in [5.74, 6) is 0.881. The monoisotopic (exact) mass is 284 g/mol. The third-order valence-corrected chi connectivity index (χ3v) is 3.94. The van der Waals surface area contributed by atoms with Crippen molar-refractivity contribution in [2.24, 2.45) is 0 Å². The van der Waals surface area contributed by atoms with Crippen molar-refractivity contribution >= 4 is 33.2 Å². The first kappa shape index (κ1) is 12.8. The van der Waals surface area contributed by atoms with E-state index in [4.69, 9.17) is 4.98 Å². The highest BCUT2D eigenvalue weighted by atomic mass is 15.0. The summed E-state index contributed by atoms with van der Waals surface area (Å²) >= 11 is 0. The van der Waals surface area contributed by atoms with Gasteiger partial charge in [-0.3, -0.25) is 0 Å². The van der Waals surface area contributed by atoms with Gasteiger partial charge in [-0.25, -0.2) is 4.98 Å². The third-order valence-electron chi connectivity index (χ3n) is 3.94. The Morgan fingerprint density at radius 3 is 2.45 bits per heavy atom. The molecule has 0 aliphatic rings. The number of rotatable bonds is 2. The van der Waals surface area contributed by atoms with Gasteiger partial charge in [0.25, 0.3) is 0 Å². The van der Waals surface area contributed by atoms with Gasteiger partial charge in [0.1, 0.15) is 5.82 Å². The molecule has 0 amide bonds. The van der Waals surface area contributed by atoms with Crippen molar-refractivity contribution in [2.75, 3.05) is 5.32 Å². The Hall–Kier alpha value is -2.87. The molecule has 2 heteroatoms. The maximum absolute atomic E-state index is 4.70. The topological polar surface area (TPSA) is 24.9 Å². The molecule has 3 aromatic carbocycles. The highest BCUT2D eigenvalue weighted by molar-refractivity contribution is 5.87. The third kappa shape index (κ3) is 2.29. The molecule has 0 saturated heterocycles. The summed E-state index contributed by atoms with van der Waals surface area (Å²) in [5.41, 5.74) is 3.31. The summed E-state index contributed by atoms with van der Waals surface area (Å²) in [6, 6.07) is 25.1. The van der Waals surface area contributed by atoms with Gasteiger partial charge < -0.3 is 5.32 Å². The number of nitrogens with zero attached hydrogens (tertiary/aromatic N) is 1. The van der Waals surface area contributed by atoms with Crippen molar-refractivity contribution in [3.8, 4) is 0 Å². The molecule has 1 aromatic heterocycles. The van der Waals surface area contributed by atoms with E-state index in [1.165, 1.54) is 21.7 Å². The van der Waals surface area contributed by atoms with Crippen LogP contribution < -0.4 is 5.32 Å². The Balaban J connectivity index is 1.75. The van der Waals surface area contributed by atoms with Crippen LogP contribution in [0.4, 0.5) is 11.5 Å². The molecule has 0 bridgehead atoms. The number of hydrogen-bond donors (Lipinski definition) is 1. The van der Waals surface area contributed by atoms with Crippen molar-refractivity contribution in [2.45, 2.75) is 6.92 Å². The fourth-order valence-electron chi connectivity index (χ4n) is 2.83. The molecule has 0 fully saturated rings. The minimum atomic E-state index is 0.881. The molecule has 4 rings (SSSR count). The number of fused-ring (bicyclic) bond motifs is 2. The highest BCUT2D eigenvalue weighted by Crippen LogP contribution is 2.24. The number of pyridine rings is 1. The number of benzene rings is 3. The number of aromatic nitrogens is 1. The van der Waals surface area contributed by atoms with Crippen LogP contribution in [0.3, 0.4) is 0 Å². The summed E-state index contributed by atoms with van der Waals surface area (Å²) in [5, 5.41) is 7.09. The first-order valence-corrected chi connectivity index (χ1v) is 7.42. The van der Waals surface area contributed by atoms with Crippen LogP contribution >= 0.6 is 0 Å². The molecule has 0 aliphatic heterocycles. The molecule has 0 saturated carbocycles. The van der Waals surface area contributed by atoms with Gasteiger partial charge in [0, 0.05) is 11.1 Å². The normalized spacial score (nSPS) is 11.0. The maximum atomic E-state index is 4.70. The molecule has 106 valence electrons. The van der Waals surface area contributed by atoms with Gasteiger partial charge in [-0.1, -0.05) is 48.5 Å². The summed E-state index contributed by atoms with van der Waals surface area (Å²) in [6.45, 7) is 2.12. The van der Waals surface area contributed by atoms with Crippen molar-refractivity contribution in [1.29, 1.82) is 0 Å². The van der Waals surface area contributed by atoms with E-state index in [1.54, 1.807) is 0 Å². The van der Waals surface area contributed by atoms with Gasteiger partial charge in [-0.15, -0.1) is 0 Å². The SMILES string of the molecule is Cc1cc(Nc2ccc3ccccc3c2)nc2ccccc12. The van der Waals surface area contributed by atoms with Crippen molar-refractivity contribution in [3.63, 3.8) is 0 Å². The number of aryl methyl sites for hydroxylation is 1. The Morgan fingerprint density at radius 2 is 1.55 bits per heavy atom. The second-order valence-corrected chi connectivity index (χ2v) is 5.53. The Morgan fingerprint density at radius 1 is 0.773 bits per heavy atom. The summed E-state index contributed by atoms with van der Waals surface area (Å²) < 4.78 is 0. The molecule has 4 aromatic rings. The second kappa shape index (κ2) is 5.15. The number of hydrogen-bond acceptors (Lipinski definition) is 2. The predicted octanol–water partition coefficient (Wildman–Crippen LogP) is 5.44. The summed E-state index contributed by atoms with van der Waals surface area (Å²) in [7, 11) is 0. The van der Waals surface area contributed by atoms with Crippen LogP contribution in [-0.2, 0) is 0 Å². The lowest BCUT2D eigenvalue weighted by Crippen LogP contribution is -1.95. The Bertz CT molecular complexity index is 973. The minimum absolute atomic E-state index is 0.881. The zero-order valence-electron chi connectivity index (χ0n) is 12.4. The Labute approximate surface area is 129 Å². The van der Waals surface area contributed by atoms with E-state index in [9.17, 15) is 0 Å². The van der Waals surface area contributed by atoms with E-state index in [1.807, 2.05) is 18.2 Å². The second-order valence-electron chi connectivity index (χ2n) is 5.53. The summed E-state index contributed by atoms with van der Waals surface area (Å²) in [4.78, 5) is 4.70. The van der Waals surface area contributed by atoms with Crippen LogP contribution in [0.1, 0.15) is 5.56 Å². The van der Waals surface area contributed by atoms with Crippen molar-refractivity contribution in [1.82, 2.24) is 4.98 Å². The number of para-hydroxylation sites is 1. The number of anilines is 2. The van der Waals surface area contributed by atoms with Gasteiger partial charge in [0.15, 0.2) is 0 Å². The minimum Gasteiger partial charge on any atom is -0.340 e. The average Bonchev–Trinajstić information content (AvgIpc) is 2.55. The smallest absolute Gasteiger partial charge is 0.131 e. The lowest BCUT2D eigenvalue weighted by Gasteiger charge is -2.10. The van der Waals surface area contributed by atoms with Gasteiger partial charge >= 0.3 is 0 Å². The van der Waals surface area contributed by atoms with Crippen LogP contribution in [0, 0.1) is 6.92 Å². The molecule has 22 heavy (non-hydrogen) atoms. The van der Waals surface area contributed by atoms with E-state index in [0.717, 1.165) is 17.0 Å². The molecule has 0 aliphatic carbocycles. The lowest BCUT2D eigenvalue weighted by atomic mass is 10.1. The van der Waals surface area contributed by atoms with E-state index >= 15 is 0 Å². The molecule has 2 nitrogen and oxygen atoms in total. The van der Waals surface area contributed by atoms with Crippen LogP contribution in [0.25, 0.3) is 21.7 Å². The standard InChI is InChI=1S/C20H16N2/c1-14-12-20(22-19-9-5-4-8-18(14)19)21-17-11-10-15-6-2-3-7-16(15)13-17/h2-13H,1H3,(H,21,22). The van der Waals surface area contributed by atoms with Crippen LogP contribution in [0.2, 0.25) is 0 Å². The van der Waals surface area contributed by atoms with E-state index in [-0.39, 0.29) is 0 Å². The van der Waals surface area contributed by atoms with Gasteiger partial charge in [-0.05, 0) is 47.5 Å². The molecule has 0 unspecified atom stereocenters. The lowest BCUT2D eigenvalue weighted by molar-refractivity contribution is 1.34. The molecule has 0 radical (unpaired) electrons. The molecule has 1 N–H and O–H groups in total. The molecule has 0 spiro atoms. The number of nitrogens with one attached hydrogen (secondary N) is 1. The van der Waals surface area contributed by atoms with E-state index < -0.39 is 0 Å². The largest absolute Gasteiger partial charge is 0.340 e. The van der Waals surface area contributed by atoms with Gasteiger partial charge in [-0.2, -0.15) is 0 Å². The first-order chi connectivity index (χ1) is 10.8. The van der Waals surface area contributed by atoms with Gasteiger partial charge in [0.05, 0.1) is 5.52 Å². The highest BCUT2D eigenvalue weighted by Gasteiger charge is 2.03. The van der Waals surface area contributed by atoms with Crippen molar-refractivity contribution < 1.29 is 0 Å². The average molecular weight is 284 g/mol. The quantitative estimate of drug-likeness (QED) is 0.530.